The Bertz CT molecular complexity index is 502. The highest BCUT2D eigenvalue weighted by Crippen LogP contribution is 2.17. The molecule has 0 spiro atoms. The number of nitrogens with zero attached hydrogens (tertiary/aromatic N) is 2. The molecule has 1 amide bonds. The van der Waals surface area contributed by atoms with E-state index in [1.54, 1.807) is 6.92 Å². The summed E-state index contributed by atoms with van der Waals surface area (Å²) in [6.07, 6.45) is 1.40. The third-order valence-electron chi connectivity index (χ3n) is 2.64. The van der Waals surface area contributed by atoms with Gasteiger partial charge in [0.15, 0.2) is 5.69 Å². The molecule has 0 bridgehead atoms. The van der Waals surface area contributed by atoms with Crippen LogP contribution in [0.4, 0.5) is 5.69 Å². The monoisotopic (exact) mass is 280 g/mol. The van der Waals surface area contributed by atoms with Gasteiger partial charge in [-0.3, -0.25) is 4.79 Å². The number of aromatic nitrogens is 2. The molecule has 7 nitrogen and oxygen atoms in total. The highest BCUT2D eigenvalue weighted by Gasteiger charge is 2.19. The summed E-state index contributed by atoms with van der Waals surface area (Å²) in [6, 6.07) is -0.568. The van der Waals surface area contributed by atoms with Gasteiger partial charge in [0.05, 0.1) is 11.9 Å². The van der Waals surface area contributed by atoms with Crippen LogP contribution in [0.5, 0.6) is 0 Å². The van der Waals surface area contributed by atoms with Crippen LogP contribution in [0, 0.1) is 0 Å². The van der Waals surface area contributed by atoms with Crippen molar-refractivity contribution in [2.75, 3.05) is 11.9 Å². The number of anilines is 1. The molecule has 0 aromatic carbocycles. The molecular weight excluding hydrogens is 260 g/mol. The highest BCUT2D eigenvalue weighted by atomic mass is 16.4. The molecule has 0 radical (unpaired) electrons. The molecule has 0 aliphatic heterocycles. The fraction of sp³-hybridized carbons (Fsp3) is 0.538. The van der Waals surface area contributed by atoms with Crippen molar-refractivity contribution in [2.24, 2.45) is 0 Å². The first-order chi connectivity index (χ1) is 9.36. The fourth-order valence-electron chi connectivity index (χ4n) is 1.57. The van der Waals surface area contributed by atoms with Crippen molar-refractivity contribution in [3.63, 3.8) is 0 Å². The van der Waals surface area contributed by atoms with Gasteiger partial charge in [-0.05, 0) is 13.8 Å². The van der Waals surface area contributed by atoms with E-state index in [1.165, 1.54) is 6.20 Å². The maximum Gasteiger partial charge on any atom is 0.356 e. The second-order valence-electron chi connectivity index (χ2n) is 4.71. The number of carboxylic acid groups (broad SMARTS) is 1. The molecule has 7 heteroatoms. The van der Waals surface area contributed by atoms with Crippen molar-refractivity contribution in [3.05, 3.63) is 17.7 Å². The average molecular weight is 280 g/mol. The summed E-state index contributed by atoms with van der Waals surface area (Å²) in [5, 5.41) is 14.7. The SMILES string of the molecule is CCNC(=O)C(C)Nc1cnc(C(C)C)nc1C(=O)O. The quantitative estimate of drug-likeness (QED) is 0.724. The van der Waals surface area contributed by atoms with Crippen molar-refractivity contribution < 1.29 is 14.7 Å². The summed E-state index contributed by atoms with van der Waals surface area (Å²) in [7, 11) is 0. The lowest BCUT2D eigenvalue weighted by molar-refractivity contribution is -0.121. The Balaban J connectivity index is 3.00. The number of amides is 1. The molecule has 0 aliphatic carbocycles. The second kappa shape index (κ2) is 6.83. The Kier molecular flexibility index (Phi) is 5.42. The van der Waals surface area contributed by atoms with E-state index in [2.05, 4.69) is 20.6 Å². The van der Waals surface area contributed by atoms with Crippen LogP contribution in [0.15, 0.2) is 6.20 Å². The maximum atomic E-state index is 11.6. The first kappa shape index (κ1) is 15.9. The van der Waals surface area contributed by atoms with Gasteiger partial charge in [0.1, 0.15) is 11.9 Å². The minimum absolute atomic E-state index is 0.0305. The van der Waals surface area contributed by atoms with E-state index in [0.717, 1.165) is 0 Å². The number of aromatic carboxylic acids is 1. The van der Waals surface area contributed by atoms with E-state index >= 15 is 0 Å². The van der Waals surface area contributed by atoms with E-state index in [4.69, 9.17) is 0 Å². The highest BCUT2D eigenvalue weighted by molar-refractivity contribution is 5.93. The number of hydrogen-bond acceptors (Lipinski definition) is 5. The molecule has 0 saturated carbocycles. The van der Waals surface area contributed by atoms with Crippen molar-refractivity contribution in [2.45, 2.75) is 39.7 Å². The van der Waals surface area contributed by atoms with Gasteiger partial charge in [0.25, 0.3) is 0 Å². The topological polar surface area (TPSA) is 104 Å². The van der Waals surface area contributed by atoms with E-state index in [1.807, 2.05) is 20.8 Å². The molecule has 0 saturated heterocycles. The number of hydrogen-bond donors (Lipinski definition) is 3. The average Bonchev–Trinajstić information content (AvgIpc) is 2.38. The van der Waals surface area contributed by atoms with E-state index in [-0.39, 0.29) is 23.2 Å². The Morgan fingerprint density at radius 2 is 2.00 bits per heavy atom. The molecule has 1 aromatic rings. The Hall–Kier alpha value is -2.18. The molecular formula is C13H20N4O3. The number of carbonyl (C=O) groups is 2. The van der Waals surface area contributed by atoms with Crippen LogP contribution >= 0.6 is 0 Å². The standard InChI is InChI=1S/C13H20N4O3/c1-5-14-12(18)8(4)16-9-6-15-11(7(2)3)17-10(9)13(19)20/h6-8,16H,5H2,1-4H3,(H,14,18)(H,19,20). The van der Waals surface area contributed by atoms with Gasteiger partial charge in [0, 0.05) is 12.5 Å². The maximum absolute atomic E-state index is 11.6. The van der Waals surface area contributed by atoms with Gasteiger partial charge in [-0.25, -0.2) is 14.8 Å². The molecule has 1 unspecified atom stereocenters. The molecule has 1 aromatic heterocycles. The van der Waals surface area contributed by atoms with Crippen LogP contribution in [0.2, 0.25) is 0 Å². The summed E-state index contributed by atoms with van der Waals surface area (Å²) >= 11 is 0. The van der Waals surface area contributed by atoms with Crippen LogP contribution in [0.1, 0.15) is 49.9 Å². The predicted molar refractivity (Wildman–Crippen MR) is 74.8 cm³/mol. The Morgan fingerprint density at radius 1 is 1.35 bits per heavy atom. The molecule has 1 heterocycles. The summed E-state index contributed by atoms with van der Waals surface area (Å²) in [4.78, 5) is 31.0. The smallest absolute Gasteiger partial charge is 0.356 e. The van der Waals surface area contributed by atoms with Crippen LogP contribution in [0.25, 0.3) is 0 Å². The lowest BCUT2D eigenvalue weighted by Gasteiger charge is -2.16. The van der Waals surface area contributed by atoms with Gasteiger partial charge >= 0.3 is 5.97 Å². The van der Waals surface area contributed by atoms with Crippen molar-refractivity contribution in [1.29, 1.82) is 0 Å². The number of rotatable bonds is 6. The molecule has 0 fully saturated rings. The fourth-order valence-corrected chi connectivity index (χ4v) is 1.57. The predicted octanol–water partition coefficient (Wildman–Crippen LogP) is 1.23. The first-order valence-electron chi connectivity index (χ1n) is 6.51. The van der Waals surface area contributed by atoms with E-state index < -0.39 is 12.0 Å². The zero-order valence-corrected chi connectivity index (χ0v) is 12.1. The molecule has 0 aliphatic rings. The Labute approximate surface area is 117 Å². The van der Waals surface area contributed by atoms with Crippen LogP contribution in [-0.4, -0.2) is 39.5 Å². The number of carbonyl (C=O) groups excluding carboxylic acids is 1. The normalized spacial score (nSPS) is 12.1. The lowest BCUT2D eigenvalue weighted by atomic mass is 10.2. The van der Waals surface area contributed by atoms with Gasteiger partial charge in [-0.1, -0.05) is 13.8 Å². The zero-order valence-electron chi connectivity index (χ0n) is 12.1. The number of nitrogens with one attached hydrogen (secondary N) is 2. The van der Waals surface area contributed by atoms with Crippen molar-refractivity contribution in [3.8, 4) is 0 Å². The van der Waals surface area contributed by atoms with Gasteiger partial charge in [-0.2, -0.15) is 0 Å². The summed E-state index contributed by atoms with van der Waals surface area (Å²) < 4.78 is 0. The lowest BCUT2D eigenvalue weighted by Crippen LogP contribution is -2.37. The van der Waals surface area contributed by atoms with Crippen molar-refractivity contribution >= 4 is 17.6 Å². The summed E-state index contributed by atoms with van der Waals surface area (Å²) in [5.41, 5.74) is 0.112. The van der Waals surface area contributed by atoms with E-state index in [9.17, 15) is 14.7 Å². The minimum Gasteiger partial charge on any atom is -0.476 e. The Morgan fingerprint density at radius 3 is 2.50 bits per heavy atom. The number of likely N-dealkylation sites (N-methyl/N-ethyl adjacent to an activating group) is 1. The van der Waals surface area contributed by atoms with Gasteiger partial charge in [-0.15, -0.1) is 0 Å². The summed E-state index contributed by atoms with van der Waals surface area (Å²) in [6.45, 7) is 7.73. The minimum atomic E-state index is -1.15. The third-order valence-corrected chi connectivity index (χ3v) is 2.64. The molecule has 1 atom stereocenters. The van der Waals surface area contributed by atoms with Crippen LogP contribution in [0.3, 0.4) is 0 Å². The van der Waals surface area contributed by atoms with E-state index in [0.29, 0.717) is 12.4 Å². The summed E-state index contributed by atoms with van der Waals surface area (Å²) in [5.74, 6) is -0.877. The third kappa shape index (κ3) is 3.91. The molecule has 110 valence electrons. The van der Waals surface area contributed by atoms with Gasteiger partial charge < -0.3 is 15.7 Å². The zero-order chi connectivity index (χ0) is 15.3. The van der Waals surface area contributed by atoms with Crippen LogP contribution < -0.4 is 10.6 Å². The molecule has 3 N–H and O–H groups in total. The van der Waals surface area contributed by atoms with Crippen LogP contribution in [-0.2, 0) is 4.79 Å². The largest absolute Gasteiger partial charge is 0.476 e. The first-order valence-corrected chi connectivity index (χ1v) is 6.51. The molecule has 20 heavy (non-hydrogen) atoms. The number of carboxylic acids is 1. The van der Waals surface area contributed by atoms with Crippen molar-refractivity contribution in [1.82, 2.24) is 15.3 Å². The second-order valence-corrected chi connectivity index (χ2v) is 4.71. The molecule has 1 rings (SSSR count). The van der Waals surface area contributed by atoms with Gasteiger partial charge in [0.2, 0.25) is 5.91 Å².